The van der Waals surface area contributed by atoms with E-state index in [0.717, 1.165) is 6.42 Å². The van der Waals surface area contributed by atoms with Gasteiger partial charge < -0.3 is 4.74 Å². The van der Waals surface area contributed by atoms with Crippen LogP contribution in [0.15, 0.2) is 12.7 Å². The molecule has 14 heavy (non-hydrogen) atoms. The lowest BCUT2D eigenvalue weighted by atomic mass is 10.0. The summed E-state index contributed by atoms with van der Waals surface area (Å²) in [6.45, 7) is 8.11. The van der Waals surface area contributed by atoms with E-state index in [9.17, 15) is 4.79 Å². The molecule has 0 aliphatic heterocycles. The van der Waals surface area contributed by atoms with E-state index >= 15 is 0 Å². The minimum Gasteiger partial charge on any atom is -0.461 e. The first-order chi connectivity index (χ1) is 6.70. The second-order valence-corrected chi connectivity index (χ2v) is 3.78. The molecule has 0 aliphatic rings. The van der Waals surface area contributed by atoms with Crippen LogP contribution in [0, 0.1) is 5.92 Å². The molecule has 0 bridgehead atoms. The molecule has 2 nitrogen and oxygen atoms in total. The zero-order valence-corrected chi connectivity index (χ0v) is 9.42. The van der Waals surface area contributed by atoms with Crippen LogP contribution < -0.4 is 0 Å². The average molecular weight is 198 g/mol. The van der Waals surface area contributed by atoms with Crippen LogP contribution in [0.2, 0.25) is 0 Å². The summed E-state index contributed by atoms with van der Waals surface area (Å²) in [6.07, 6.45) is 6.96. The molecule has 82 valence electrons. The molecular weight excluding hydrogens is 176 g/mol. The van der Waals surface area contributed by atoms with Gasteiger partial charge in [0.2, 0.25) is 0 Å². The first-order valence-electron chi connectivity index (χ1n) is 5.47. The number of ether oxygens (including phenoxy) is 1. The Morgan fingerprint density at radius 1 is 1.50 bits per heavy atom. The van der Waals surface area contributed by atoms with Gasteiger partial charge in [-0.2, -0.15) is 0 Å². The van der Waals surface area contributed by atoms with Gasteiger partial charge in [0.05, 0.1) is 0 Å². The zero-order chi connectivity index (χ0) is 10.8. The third kappa shape index (κ3) is 7.84. The SMILES string of the molecule is C=CCOC(=O)C[C@@H](C)CCCCC. The van der Waals surface area contributed by atoms with Crippen molar-refractivity contribution in [1.29, 1.82) is 0 Å². The highest BCUT2D eigenvalue weighted by molar-refractivity contribution is 5.69. The van der Waals surface area contributed by atoms with Gasteiger partial charge >= 0.3 is 5.97 Å². The van der Waals surface area contributed by atoms with Crippen LogP contribution in [0.25, 0.3) is 0 Å². The summed E-state index contributed by atoms with van der Waals surface area (Å²) >= 11 is 0. The molecule has 2 heteroatoms. The second kappa shape index (κ2) is 8.79. The summed E-state index contributed by atoms with van der Waals surface area (Å²) in [5.41, 5.74) is 0. The largest absolute Gasteiger partial charge is 0.461 e. The predicted molar refractivity (Wildman–Crippen MR) is 59.1 cm³/mol. The zero-order valence-electron chi connectivity index (χ0n) is 9.42. The lowest BCUT2D eigenvalue weighted by molar-refractivity contribution is -0.143. The van der Waals surface area contributed by atoms with Crippen molar-refractivity contribution in [2.24, 2.45) is 5.92 Å². The molecule has 0 aromatic heterocycles. The van der Waals surface area contributed by atoms with Crippen LogP contribution in [0.3, 0.4) is 0 Å². The van der Waals surface area contributed by atoms with Gasteiger partial charge in [-0.3, -0.25) is 4.79 Å². The Balaban J connectivity index is 3.44. The molecule has 1 atom stereocenters. The number of hydrogen-bond acceptors (Lipinski definition) is 2. The molecule has 0 saturated carbocycles. The number of esters is 1. The molecule has 0 radical (unpaired) electrons. The molecule has 0 amide bonds. The van der Waals surface area contributed by atoms with E-state index in [4.69, 9.17) is 4.74 Å². The van der Waals surface area contributed by atoms with Crippen molar-refractivity contribution < 1.29 is 9.53 Å². The minimum atomic E-state index is -0.103. The summed E-state index contributed by atoms with van der Waals surface area (Å²) in [7, 11) is 0. The summed E-state index contributed by atoms with van der Waals surface area (Å²) in [6, 6.07) is 0. The normalized spacial score (nSPS) is 12.1. The van der Waals surface area contributed by atoms with E-state index < -0.39 is 0 Å². The Hall–Kier alpha value is -0.790. The average Bonchev–Trinajstić information content (AvgIpc) is 2.15. The minimum absolute atomic E-state index is 0.103. The Morgan fingerprint density at radius 3 is 2.79 bits per heavy atom. The Kier molecular flexibility index (Phi) is 8.30. The monoisotopic (exact) mass is 198 g/mol. The van der Waals surface area contributed by atoms with Gasteiger partial charge in [0.15, 0.2) is 0 Å². The van der Waals surface area contributed by atoms with Gasteiger partial charge in [0.1, 0.15) is 6.61 Å². The third-order valence-electron chi connectivity index (χ3n) is 2.18. The Bertz CT molecular complexity index is 164. The van der Waals surface area contributed by atoms with Gasteiger partial charge in [-0.25, -0.2) is 0 Å². The summed E-state index contributed by atoms with van der Waals surface area (Å²) < 4.78 is 4.91. The van der Waals surface area contributed by atoms with Crippen LogP contribution in [-0.4, -0.2) is 12.6 Å². The molecule has 0 N–H and O–H groups in total. The topological polar surface area (TPSA) is 26.3 Å². The van der Waals surface area contributed by atoms with Crippen molar-refractivity contribution in [3.63, 3.8) is 0 Å². The van der Waals surface area contributed by atoms with Crippen molar-refractivity contribution in [2.45, 2.75) is 46.0 Å². The number of rotatable bonds is 8. The number of unbranched alkanes of at least 4 members (excludes halogenated alkanes) is 2. The van der Waals surface area contributed by atoms with E-state index in [1.807, 2.05) is 0 Å². The third-order valence-corrected chi connectivity index (χ3v) is 2.18. The van der Waals surface area contributed by atoms with Gasteiger partial charge in [-0.1, -0.05) is 52.2 Å². The lowest BCUT2D eigenvalue weighted by Crippen LogP contribution is -2.09. The fourth-order valence-corrected chi connectivity index (χ4v) is 1.34. The molecule has 0 heterocycles. The summed E-state index contributed by atoms with van der Waals surface area (Å²) in [5.74, 6) is 0.341. The van der Waals surface area contributed by atoms with Gasteiger partial charge in [0, 0.05) is 6.42 Å². The van der Waals surface area contributed by atoms with Crippen LogP contribution >= 0.6 is 0 Å². The van der Waals surface area contributed by atoms with Crippen LogP contribution in [0.5, 0.6) is 0 Å². The first kappa shape index (κ1) is 13.2. The number of hydrogen-bond donors (Lipinski definition) is 0. The maximum Gasteiger partial charge on any atom is 0.306 e. The van der Waals surface area contributed by atoms with Crippen LogP contribution in [0.4, 0.5) is 0 Å². The smallest absolute Gasteiger partial charge is 0.306 e. The first-order valence-corrected chi connectivity index (χ1v) is 5.47. The Morgan fingerprint density at radius 2 is 2.21 bits per heavy atom. The quantitative estimate of drug-likeness (QED) is 0.340. The van der Waals surface area contributed by atoms with E-state index in [1.54, 1.807) is 6.08 Å². The summed E-state index contributed by atoms with van der Waals surface area (Å²) in [5, 5.41) is 0. The molecule has 0 rings (SSSR count). The fraction of sp³-hybridized carbons (Fsp3) is 0.750. The van der Waals surface area contributed by atoms with E-state index in [0.29, 0.717) is 18.9 Å². The maximum absolute atomic E-state index is 11.2. The highest BCUT2D eigenvalue weighted by atomic mass is 16.5. The molecular formula is C12H22O2. The molecule has 0 aliphatic carbocycles. The Labute approximate surface area is 87.3 Å². The van der Waals surface area contributed by atoms with Crippen LogP contribution in [0.1, 0.15) is 46.0 Å². The van der Waals surface area contributed by atoms with Gasteiger partial charge in [0.25, 0.3) is 0 Å². The van der Waals surface area contributed by atoms with E-state index in [2.05, 4.69) is 20.4 Å². The maximum atomic E-state index is 11.2. The highest BCUT2D eigenvalue weighted by Gasteiger charge is 2.08. The fourth-order valence-electron chi connectivity index (χ4n) is 1.34. The molecule has 0 fully saturated rings. The van der Waals surface area contributed by atoms with E-state index in [1.165, 1.54) is 19.3 Å². The highest BCUT2D eigenvalue weighted by Crippen LogP contribution is 2.13. The van der Waals surface area contributed by atoms with Gasteiger partial charge in [-0.15, -0.1) is 0 Å². The van der Waals surface area contributed by atoms with Crippen molar-refractivity contribution >= 4 is 5.97 Å². The molecule has 0 aromatic rings. The van der Waals surface area contributed by atoms with Crippen molar-refractivity contribution in [3.8, 4) is 0 Å². The number of carbonyl (C=O) groups excluding carboxylic acids is 1. The van der Waals surface area contributed by atoms with E-state index in [-0.39, 0.29) is 5.97 Å². The molecule has 0 spiro atoms. The predicted octanol–water partition coefficient (Wildman–Crippen LogP) is 3.32. The lowest BCUT2D eigenvalue weighted by Gasteiger charge is -2.09. The molecule has 0 saturated heterocycles. The molecule has 0 unspecified atom stereocenters. The molecule has 0 aromatic carbocycles. The van der Waals surface area contributed by atoms with Gasteiger partial charge in [-0.05, 0) is 5.92 Å². The second-order valence-electron chi connectivity index (χ2n) is 3.78. The van der Waals surface area contributed by atoms with Crippen LogP contribution in [-0.2, 0) is 9.53 Å². The van der Waals surface area contributed by atoms with Crippen molar-refractivity contribution in [1.82, 2.24) is 0 Å². The van der Waals surface area contributed by atoms with Crippen molar-refractivity contribution in [3.05, 3.63) is 12.7 Å². The standard InChI is InChI=1S/C12H22O2/c1-4-6-7-8-11(3)10-12(13)14-9-5-2/h5,11H,2,4,6-10H2,1,3H3/t11-/m0/s1. The number of carbonyl (C=O) groups is 1. The van der Waals surface area contributed by atoms with Crippen molar-refractivity contribution in [2.75, 3.05) is 6.61 Å². The summed E-state index contributed by atoms with van der Waals surface area (Å²) in [4.78, 5) is 11.2.